The Labute approximate surface area is 124 Å². The second-order valence-corrected chi connectivity index (χ2v) is 5.11. The fraction of sp³-hybridized carbons (Fsp3) is 0.400. The number of aryl methyl sites for hydroxylation is 2. The van der Waals surface area contributed by atoms with Crippen molar-refractivity contribution in [1.29, 1.82) is 0 Å². The molecule has 6 nitrogen and oxygen atoms in total. The molecule has 0 N–H and O–H groups in total. The molecular weight excluding hydrogens is 266 g/mol. The number of rotatable bonds is 4. The number of carbonyl (C=O) groups is 1. The molecular formula is C15H19N5O. The Balaban J connectivity index is 2.11. The summed E-state index contributed by atoms with van der Waals surface area (Å²) in [5, 5.41) is 0. The number of carbonyl (C=O) groups excluding carboxylic acids is 1. The molecule has 0 bridgehead atoms. The minimum Gasteiger partial charge on any atom is -0.337 e. The first-order valence-corrected chi connectivity index (χ1v) is 6.81. The van der Waals surface area contributed by atoms with Crippen molar-refractivity contribution < 1.29 is 4.79 Å². The first-order chi connectivity index (χ1) is 9.97. The van der Waals surface area contributed by atoms with E-state index < -0.39 is 0 Å². The number of aromatic nitrogens is 4. The van der Waals surface area contributed by atoms with Crippen LogP contribution in [-0.4, -0.2) is 43.8 Å². The van der Waals surface area contributed by atoms with E-state index in [-0.39, 0.29) is 11.9 Å². The summed E-state index contributed by atoms with van der Waals surface area (Å²) in [7, 11) is 1.77. The summed E-state index contributed by atoms with van der Waals surface area (Å²) in [5.74, 6) is 0.494. The molecule has 0 saturated carbocycles. The Kier molecular flexibility index (Phi) is 4.57. The molecule has 0 aromatic carbocycles. The van der Waals surface area contributed by atoms with E-state index in [1.807, 2.05) is 13.8 Å². The van der Waals surface area contributed by atoms with Crippen molar-refractivity contribution in [2.75, 3.05) is 7.05 Å². The highest BCUT2D eigenvalue weighted by molar-refractivity contribution is 5.92. The summed E-state index contributed by atoms with van der Waals surface area (Å²) in [4.78, 5) is 30.8. The highest BCUT2D eigenvalue weighted by Crippen LogP contribution is 2.09. The third-order valence-corrected chi connectivity index (χ3v) is 3.29. The number of likely N-dealkylation sites (N-methyl/N-ethyl adjacent to an activating group) is 1. The SMILES string of the molecule is Cc1cc(C(=O)N(C)[C@@H](C)Cc2cnccn2)nc(C)n1. The van der Waals surface area contributed by atoms with Crippen LogP contribution in [0.1, 0.15) is 34.6 Å². The maximum absolute atomic E-state index is 12.5. The van der Waals surface area contributed by atoms with Crippen LogP contribution in [0.5, 0.6) is 0 Å². The Bertz CT molecular complexity index is 609. The standard InChI is InChI=1S/C15H19N5O/c1-10-7-14(19-12(3)18-10)15(21)20(4)11(2)8-13-9-16-5-6-17-13/h5-7,9,11H,8H2,1-4H3/t11-/m0/s1. The van der Waals surface area contributed by atoms with Crippen LogP contribution in [0.15, 0.2) is 24.7 Å². The first-order valence-electron chi connectivity index (χ1n) is 6.81. The Morgan fingerprint density at radius 2 is 2.05 bits per heavy atom. The monoisotopic (exact) mass is 285 g/mol. The van der Waals surface area contributed by atoms with E-state index in [0.717, 1.165) is 11.4 Å². The van der Waals surface area contributed by atoms with Crippen LogP contribution in [-0.2, 0) is 6.42 Å². The second-order valence-electron chi connectivity index (χ2n) is 5.11. The van der Waals surface area contributed by atoms with Gasteiger partial charge in [-0.25, -0.2) is 9.97 Å². The molecule has 6 heteroatoms. The minimum atomic E-state index is -0.111. The Morgan fingerprint density at radius 1 is 1.29 bits per heavy atom. The van der Waals surface area contributed by atoms with Gasteiger partial charge >= 0.3 is 0 Å². The van der Waals surface area contributed by atoms with Crippen LogP contribution < -0.4 is 0 Å². The van der Waals surface area contributed by atoms with Crippen molar-refractivity contribution >= 4 is 5.91 Å². The molecule has 0 aliphatic heterocycles. The van der Waals surface area contributed by atoms with Crippen molar-refractivity contribution in [3.8, 4) is 0 Å². The molecule has 1 amide bonds. The van der Waals surface area contributed by atoms with Crippen LogP contribution in [0.3, 0.4) is 0 Å². The molecule has 2 aromatic heterocycles. The zero-order valence-electron chi connectivity index (χ0n) is 12.7. The maximum Gasteiger partial charge on any atom is 0.272 e. The van der Waals surface area contributed by atoms with Gasteiger partial charge in [0.2, 0.25) is 0 Å². The summed E-state index contributed by atoms with van der Waals surface area (Å²) in [6, 6.07) is 1.71. The predicted octanol–water partition coefficient (Wildman–Crippen LogP) is 1.59. The lowest BCUT2D eigenvalue weighted by molar-refractivity contribution is 0.0736. The molecule has 110 valence electrons. The average molecular weight is 285 g/mol. The summed E-state index contributed by atoms with van der Waals surface area (Å²) < 4.78 is 0. The van der Waals surface area contributed by atoms with Gasteiger partial charge in [0.1, 0.15) is 11.5 Å². The first kappa shape index (κ1) is 15.0. The largest absolute Gasteiger partial charge is 0.337 e. The highest BCUT2D eigenvalue weighted by atomic mass is 16.2. The lowest BCUT2D eigenvalue weighted by atomic mass is 10.1. The van der Waals surface area contributed by atoms with Gasteiger partial charge in [-0.3, -0.25) is 14.8 Å². The molecule has 0 spiro atoms. The summed E-state index contributed by atoms with van der Waals surface area (Å²) in [6.45, 7) is 5.62. The van der Waals surface area contributed by atoms with E-state index in [0.29, 0.717) is 17.9 Å². The van der Waals surface area contributed by atoms with E-state index in [2.05, 4.69) is 19.9 Å². The van der Waals surface area contributed by atoms with Crippen LogP contribution in [0, 0.1) is 13.8 Å². The van der Waals surface area contributed by atoms with E-state index in [9.17, 15) is 4.79 Å². The lowest BCUT2D eigenvalue weighted by Gasteiger charge is -2.24. The van der Waals surface area contributed by atoms with E-state index >= 15 is 0 Å². The van der Waals surface area contributed by atoms with Crippen molar-refractivity contribution in [2.24, 2.45) is 0 Å². The van der Waals surface area contributed by atoms with Crippen LogP contribution in [0.2, 0.25) is 0 Å². The third kappa shape index (κ3) is 3.81. The third-order valence-electron chi connectivity index (χ3n) is 3.29. The fourth-order valence-electron chi connectivity index (χ4n) is 2.08. The van der Waals surface area contributed by atoms with Gasteiger partial charge in [0, 0.05) is 43.8 Å². The van der Waals surface area contributed by atoms with Gasteiger partial charge in [-0.05, 0) is 26.8 Å². The molecule has 0 unspecified atom stereocenters. The quantitative estimate of drug-likeness (QED) is 0.853. The van der Waals surface area contributed by atoms with Gasteiger partial charge in [0.15, 0.2) is 0 Å². The molecule has 0 aliphatic rings. The van der Waals surface area contributed by atoms with Gasteiger partial charge in [-0.1, -0.05) is 0 Å². The zero-order chi connectivity index (χ0) is 15.4. The van der Waals surface area contributed by atoms with Crippen molar-refractivity contribution in [1.82, 2.24) is 24.8 Å². The Morgan fingerprint density at radius 3 is 2.67 bits per heavy atom. The molecule has 2 heterocycles. The summed E-state index contributed by atoms with van der Waals surface area (Å²) in [6.07, 6.45) is 5.66. The molecule has 0 fully saturated rings. The minimum absolute atomic E-state index is 0.00442. The molecule has 1 atom stereocenters. The topological polar surface area (TPSA) is 71.9 Å². The van der Waals surface area contributed by atoms with Crippen LogP contribution in [0.25, 0.3) is 0 Å². The average Bonchev–Trinajstić information content (AvgIpc) is 2.45. The molecule has 0 saturated heterocycles. The fourth-order valence-corrected chi connectivity index (χ4v) is 2.08. The van der Waals surface area contributed by atoms with Gasteiger partial charge in [0.25, 0.3) is 5.91 Å². The zero-order valence-corrected chi connectivity index (χ0v) is 12.7. The van der Waals surface area contributed by atoms with E-state index in [1.165, 1.54) is 0 Å². The smallest absolute Gasteiger partial charge is 0.272 e. The number of amides is 1. The van der Waals surface area contributed by atoms with Crippen molar-refractivity contribution in [3.05, 3.63) is 47.6 Å². The van der Waals surface area contributed by atoms with Crippen molar-refractivity contribution in [2.45, 2.75) is 33.2 Å². The number of nitrogens with zero attached hydrogens (tertiary/aromatic N) is 5. The van der Waals surface area contributed by atoms with E-state index in [1.54, 1.807) is 43.5 Å². The molecule has 2 aromatic rings. The van der Waals surface area contributed by atoms with Gasteiger partial charge in [0.05, 0.1) is 5.69 Å². The lowest BCUT2D eigenvalue weighted by Crippen LogP contribution is -2.37. The highest BCUT2D eigenvalue weighted by Gasteiger charge is 2.20. The van der Waals surface area contributed by atoms with Crippen LogP contribution in [0.4, 0.5) is 0 Å². The summed E-state index contributed by atoms with van der Waals surface area (Å²) >= 11 is 0. The van der Waals surface area contributed by atoms with Gasteiger partial charge in [-0.15, -0.1) is 0 Å². The normalized spacial score (nSPS) is 12.0. The molecule has 0 radical (unpaired) electrons. The second kappa shape index (κ2) is 6.39. The maximum atomic E-state index is 12.5. The molecule has 2 rings (SSSR count). The molecule has 21 heavy (non-hydrogen) atoms. The van der Waals surface area contributed by atoms with Crippen LogP contribution >= 0.6 is 0 Å². The van der Waals surface area contributed by atoms with Crippen molar-refractivity contribution in [3.63, 3.8) is 0 Å². The van der Waals surface area contributed by atoms with E-state index in [4.69, 9.17) is 0 Å². The Hall–Kier alpha value is -2.37. The number of hydrogen-bond donors (Lipinski definition) is 0. The molecule has 0 aliphatic carbocycles. The van der Waals surface area contributed by atoms with Gasteiger partial charge < -0.3 is 4.90 Å². The summed E-state index contributed by atoms with van der Waals surface area (Å²) in [5.41, 5.74) is 2.08. The van der Waals surface area contributed by atoms with Gasteiger partial charge in [-0.2, -0.15) is 0 Å². The predicted molar refractivity (Wildman–Crippen MR) is 78.8 cm³/mol. The number of hydrogen-bond acceptors (Lipinski definition) is 5.